The minimum Gasteiger partial charge on any atom is -0.462 e. The van der Waals surface area contributed by atoms with E-state index in [0.29, 0.717) is 12.3 Å². The molecule has 1 saturated carbocycles. The first-order valence-electron chi connectivity index (χ1n) is 21.2. The first-order chi connectivity index (χ1) is 24.0. The third kappa shape index (κ3) is 30.9. The van der Waals surface area contributed by atoms with Crippen LogP contribution >= 0.6 is 0 Å². The van der Waals surface area contributed by atoms with Gasteiger partial charge < -0.3 is 19.3 Å². The summed E-state index contributed by atoms with van der Waals surface area (Å²) >= 11 is 0. The van der Waals surface area contributed by atoms with Gasteiger partial charge in [0.1, 0.15) is 19.3 Å². The number of oxime groups is 2. The number of unbranched alkanes of at least 4 members (excludes halogenated alkanes) is 20. The van der Waals surface area contributed by atoms with E-state index in [0.717, 1.165) is 77.0 Å². The van der Waals surface area contributed by atoms with Gasteiger partial charge in [-0.3, -0.25) is 4.79 Å². The predicted octanol–water partition coefficient (Wildman–Crippen LogP) is 12.1. The molecule has 0 heterocycles. The standard InChI is InChI=1S/C42H81N3O4/c1-5-7-9-21-27-33-47-43-31-25-19-15-11-13-17-23-29-41(49-42(46)37-39-35-40(36-39)38-45(3)4)30-24-18-14-12-16-20-26-32-44-48-34-28-22-10-8-6-2/h31-32,39-41H,5-30,33-38H2,1-4H3/b43-31-,44-32-. The molecule has 0 saturated heterocycles. The summed E-state index contributed by atoms with van der Waals surface area (Å²) in [4.78, 5) is 25.9. The highest BCUT2D eigenvalue weighted by Crippen LogP contribution is 2.36. The Kier molecular flexibility index (Phi) is 32.2. The van der Waals surface area contributed by atoms with Crippen molar-refractivity contribution in [2.75, 3.05) is 33.9 Å². The van der Waals surface area contributed by atoms with Crippen molar-refractivity contribution in [1.29, 1.82) is 0 Å². The van der Waals surface area contributed by atoms with Crippen LogP contribution in [0.1, 0.15) is 200 Å². The Morgan fingerprint density at radius 3 is 1.51 bits per heavy atom. The molecule has 49 heavy (non-hydrogen) atoms. The largest absolute Gasteiger partial charge is 0.462 e. The normalized spacial score (nSPS) is 16.3. The molecule has 0 N–H and O–H groups in total. The summed E-state index contributed by atoms with van der Waals surface area (Å²) in [5, 5.41) is 8.23. The monoisotopic (exact) mass is 692 g/mol. The highest BCUT2D eigenvalue weighted by molar-refractivity contribution is 5.70. The Hall–Kier alpha value is -1.63. The molecule has 288 valence electrons. The second-order valence-corrected chi connectivity index (χ2v) is 15.2. The van der Waals surface area contributed by atoms with Crippen molar-refractivity contribution < 1.29 is 19.2 Å². The van der Waals surface area contributed by atoms with Crippen LogP contribution in [0.4, 0.5) is 0 Å². The van der Waals surface area contributed by atoms with E-state index < -0.39 is 0 Å². The fraction of sp³-hybridized carbons (Fsp3) is 0.929. The van der Waals surface area contributed by atoms with Gasteiger partial charge in [0.25, 0.3) is 0 Å². The lowest BCUT2D eigenvalue weighted by molar-refractivity contribution is -0.152. The Balaban J connectivity index is 2.16. The molecule has 1 aliphatic carbocycles. The third-order valence-electron chi connectivity index (χ3n) is 9.91. The van der Waals surface area contributed by atoms with Crippen LogP contribution in [0, 0.1) is 11.8 Å². The minimum absolute atomic E-state index is 0.0441. The molecular formula is C42H81N3O4. The number of nitrogens with zero attached hydrogens (tertiary/aromatic N) is 3. The Labute approximate surface area is 304 Å². The Morgan fingerprint density at radius 1 is 0.612 bits per heavy atom. The van der Waals surface area contributed by atoms with Crippen LogP contribution in [0.3, 0.4) is 0 Å². The molecule has 0 amide bonds. The van der Waals surface area contributed by atoms with Gasteiger partial charge in [0.05, 0.1) is 0 Å². The van der Waals surface area contributed by atoms with Crippen molar-refractivity contribution in [3.63, 3.8) is 0 Å². The van der Waals surface area contributed by atoms with Gasteiger partial charge in [-0.05, 0) is 116 Å². The second kappa shape index (κ2) is 34.8. The summed E-state index contributed by atoms with van der Waals surface area (Å²) in [6.45, 7) is 7.12. The summed E-state index contributed by atoms with van der Waals surface area (Å²) in [7, 11) is 4.27. The molecular weight excluding hydrogens is 610 g/mol. The number of esters is 1. The van der Waals surface area contributed by atoms with Gasteiger partial charge in [0, 0.05) is 25.4 Å². The lowest BCUT2D eigenvalue weighted by atomic mass is 9.73. The summed E-state index contributed by atoms with van der Waals surface area (Å²) < 4.78 is 6.12. The molecule has 0 aromatic rings. The summed E-state index contributed by atoms with van der Waals surface area (Å²) in [6, 6.07) is 0. The van der Waals surface area contributed by atoms with Crippen molar-refractivity contribution in [2.45, 2.75) is 206 Å². The van der Waals surface area contributed by atoms with Crippen LogP contribution in [-0.2, 0) is 19.2 Å². The van der Waals surface area contributed by atoms with Crippen molar-refractivity contribution in [3.8, 4) is 0 Å². The number of hydrogen-bond acceptors (Lipinski definition) is 7. The molecule has 1 rings (SSSR count). The zero-order chi connectivity index (χ0) is 35.5. The first kappa shape index (κ1) is 45.4. The van der Waals surface area contributed by atoms with Crippen molar-refractivity contribution in [3.05, 3.63) is 0 Å². The average Bonchev–Trinajstić information content (AvgIpc) is 3.06. The van der Waals surface area contributed by atoms with E-state index in [-0.39, 0.29) is 12.1 Å². The average molecular weight is 692 g/mol. The van der Waals surface area contributed by atoms with E-state index in [1.807, 2.05) is 12.4 Å². The van der Waals surface area contributed by atoms with E-state index >= 15 is 0 Å². The van der Waals surface area contributed by atoms with Crippen LogP contribution in [-0.4, -0.2) is 63.3 Å². The van der Waals surface area contributed by atoms with Crippen molar-refractivity contribution in [2.24, 2.45) is 22.1 Å². The maximum absolute atomic E-state index is 12.9. The Bertz CT molecular complexity index is 727. The van der Waals surface area contributed by atoms with Gasteiger partial charge in [-0.15, -0.1) is 0 Å². The van der Waals surface area contributed by atoms with Gasteiger partial charge in [-0.2, -0.15) is 0 Å². The molecule has 0 radical (unpaired) electrons. The van der Waals surface area contributed by atoms with Crippen LogP contribution in [0.5, 0.6) is 0 Å². The van der Waals surface area contributed by atoms with Crippen molar-refractivity contribution in [1.82, 2.24) is 4.90 Å². The van der Waals surface area contributed by atoms with Gasteiger partial charge in [-0.1, -0.05) is 114 Å². The van der Waals surface area contributed by atoms with E-state index in [9.17, 15) is 4.79 Å². The Morgan fingerprint density at radius 2 is 1.04 bits per heavy atom. The lowest BCUT2D eigenvalue weighted by Gasteiger charge is -2.36. The molecule has 1 fully saturated rings. The zero-order valence-corrected chi connectivity index (χ0v) is 33.0. The molecule has 0 aromatic heterocycles. The molecule has 0 aliphatic heterocycles. The smallest absolute Gasteiger partial charge is 0.306 e. The van der Waals surface area contributed by atoms with Gasteiger partial charge in [-0.25, -0.2) is 0 Å². The van der Waals surface area contributed by atoms with Crippen LogP contribution in [0.25, 0.3) is 0 Å². The molecule has 0 bridgehead atoms. The molecule has 1 aliphatic rings. The van der Waals surface area contributed by atoms with Crippen molar-refractivity contribution >= 4 is 18.4 Å². The topological polar surface area (TPSA) is 72.7 Å². The third-order valence-corrected chi connectivity index (χ3v) is 9.91. The number of ether oxygens (including phenoxy) is 1. The van der Waals surface area contributed by atoms with Crippen LogP contribution in [0.2, 0.25) is 0 Å². The SMILES string of the molecule is CCCCCCCO/N=C\CCCCCCCCC(CCCCCCCC/C=N\OCCCCCCC)OC(=O)CC1CC(CN(C)C)C1. The molecule has 0 spiro atoms. The fourth-order valence-corrected chi connectivity index (χ4v) is 6.92. The summed E-state index contributed by atoms with van der Waals surface area (Å²) in [6.07, 6.45) is 38.2. The van der Waals surface area contributed by atoms with E-state index in [4.69, 9.17) is 14.4 Å². The number of carbonyl (C=O) groups is 1. The zero-order valence-electron chi connectivity index (χ0n) is 33.0. The van der Waals surface area contributed by atoms with Crippen LogP contribution in [0.15, 0.2) is 10.3 Å². The minimum atomic E-state index is 0.0441. The quantitative estimate of drug-likeness (QED) is 0.0281. The van der Waals surface area contributed by atoms with Gasteiger partial charge >= 0.3 is 5.97 Å². The number of hydrogen-bond donors (Lipinski definition) is 0. The second-order valence-electron chi connectivity index (χ2n) is 15.2. The lowest BCUT2D eigenvalue weighted by Crippen LogP contribution is -2.34. The molecule has 7 heteroatoms. The first-order valence-corrected chi connectivity index (χ1v) is 21.2. The van der Waals surface area contributed by atoms with Gasteiger partial charge in [0.2, 0.25) is 0 Å². The van der Waals surface area contributed by atoms with E-state index in [1.54, 1.807) is 0 Å². The highest BCUT2D eigenvalue weighted by atomic mass is 16.6. The van der Waals surface area contributed by atoms with E-state index in [2.05, 4.69) is 43.2 Å². The number of rotatable bonds is 37. The highest BCUT2D eigenvalue weighted by Gasteiger charge is 2.31. The maximum atomic E-state index is 12.9. The maximum Gasteiger partial charge on any atom is 0.306 e. The molecule has 0 aromatic carbocycles. The number of carbonyl (C=O) groups excluding carboxylic acids is 1. The van der Waals surface area contributed by atoms with E-state index in [1.165, 1.54) is 128 Å². The molecule has 7 nitrogen and oxygen atoms in total. The summed E-state index contributed by atoms with van der Waals surface area (Å²) in [5.41, 5.74) is 0. The van der Waals surface area contributed by atoms with Gasteiger partial charge in [0.15, 0.2) is 0 Å². The fourth-order valence-electron chi connectivity index (χ4n) is 6.92. The van der Waals surface area contributed by atoms with Crippen LogP contribution < -0.4 is 0 Å². The molecule has 0 atom stereocenters. The summed E-state index contributed by atoms with van der Waals surface area (Å²) in [5.74, 6) is 1.32. The predicted molar refractivity (Wildman–Crippen MR) is 210 cm³/mol. The molecule has 0 unspecified atom stereocenters.